The first-order valence-corrected chi connectivity index (χ1v) is 5.79. The van der Waals surface area contributed by atoms with E-state index in [1.807, 2.05) is 0 Å². The number of hydrogen-bond acceptors (Lipinski definition) is 1. The van der Waals surface area contributed by atoms with Gasteiger partial charge in [-0.2, -0.15) is 0 Å². The fourth-order valence-corrected chi connectivity index (χ4v) is 2.05. The van der Waals surface area contributed by atoms with E-state index in [0.29, 0.717) is 11.1 Å². The van der Waals surface area contributed by atoms with Gasteiger partial charge in [-0.1, -0.05) is 24.3 Å². The molecule has 2 aromatic rings. The van der Waals surface area contributed by atoms with Gasteiger partial charge in [0.25, 0.3) is 0 Å². The van der Waals surface area contributed by atoms with Gasteiger partial charge in [-0.15, -0.1) is 0 Å². The molecule has 0 saturated heterocycles. The highest BCUT2D eigenvalue weighted by Gasteiger charge is 2.18. The van der Waals surface area contributed by atoms with Crippen molar-refractivity contribution in [2.45, 2.75) is 12.3 Å². The van der Waals surface area contributed by atoms with Crippen LogP contribution in [0.3, 0.4) is 0 Å². The van der Waals surface area contributed by atoms with Gasteiger partial charge in [-0.3, -0.25) is 4.79 Å². The van der Waals surface area contributed by atoms with Gasteiger partial charge in [0.05, 0.1) is 6.42 Å². The van der Waals surface area contributed by atoms with E-state index in [9.17, 15) is 13.6 Å². The van der Waals surface area contributed by atoms with Crippen LogP contribution >= 0.6 is 0 Å². The molecule has 0 heterocycles. The van der Waals surface area contributed by atoms with Crippen LogP contribution in [0.2, 0.25) is 0 Å². The second-order valence-corrected chi connectivity index (χ2v) is 4.26. The summed E-state index contributed by atoms with van der Waals surface area (Å²) in [7, 11) is 0. The molecule has 4 heteroatoms. The third kappa shape index (κ3) is 3.37. The van der Waals surface area contributed by atoms with Crippen LogP contribution in [0.4, 0.5) is 8.78 Å². The zero-order valence-corrected chi connectivity index (χ0v) is 10.0. The number of halogens is 2. The summed E-state index contributed by atoms with van der Waals surface area (Å²) in [5, 5.41) is 8.96. The standard InChI is InChI=1S/C15H12F2O2/c16-12-5-1-3-10(7-12)14(9-15(18)19)11-4-2-6-13(17)8-11/h1-8,14H,9H2,(H,18,19). The number of rotatable bonds is 4. The van der Waals surface area contributed by atoms with Crippen molar-refractivity contribution in [3.63, 3.8) is 0 Å². The van der Waals surface area contributed by atoms with Crippen molar-refractivity contribution in [2.75, 3.05) is 0 Å². The molecule has 2 rings (SSSR count). The third-order valence-corrected chi connectivity index (χ3v) is 2.88. The van der Waals surface area contributed by atoms with Gasteiger partial charge in [0.15, 0.2) is 0 Å². The summed E-state index contributed by atoms with van der Waals surface area (Å²) >= 11 is 0. The highest BCUT2D eigenvalue weighted by Crippen LogP contribution is 2.28. The van der Waals surface area contributed by atoms with Crippen molar-refractivity contribution in [2.24, 2.45) is 0 Å². The Bertz CT molecular complexity index is 551. The Balaban J connectivity index is 2.44. The number of hydrogen-bond donors (Lipinski definition) is 1. The summed E-state index contributed by atoms with van der Waals surface area (Å²) in [4.78, 5) is 10.9. The summed E-state index contributed by atoms with van der Waals surface area (Å²) in [6, 6.07) is 11.4. The Morgan fingerprint density at radius 1 is 1.00 bits per heavy atom. The van der Waals surface area contributed by atoms with Crippen LogP contribution in [-0.4, -0.2) is 11.1 Å². The van der Waals surface area contributed by atoms with Gasteiger partial charge in [0.1, 0.15) is 11.6 Å². The van der Waals surface area contributed by atoms with Crippen LogP contribution < -0.4 is 0 Å². The predicted molar refractivity (Wildman–Crippen MR) is 66.9 cm³/mol. The molecule has 19 heavy (non-hydrogen) atoms. The van der Waals surface area contributed by atoms with Crippen molar-refractivity contribution >= 4 is 5.97 Å². The van der Waals surface area contributed by atoms with Crippen molar-refractivity contribution < 1.29 is 18.7 Å². The third-order valence-electron chi connectivity index (χ3n) is 2.88. The monoisotopic (exact) mass is 262 g/mol. The van der Waals surface area contributed by atoms with Crippen LogP contribution in [0.1, 0.15) is 23.5 Å². The predicted octanol–water partition coefficient (Wildman–Crippen LogP) is 3.57. The van der Waals surface area contributed by atoms with Crippen molar-refractivity contribution in [3.05, 3.63) is 71.3 Å². The lowest BCUT2D eigenvalue weighted by Crippen LogP contribution is -2.08. The molecule has 0 aliphatic carbocycles. The lowest BCUT2D eigenvalue weighted by atomic mass is 9.88. The van der Waals surface area contributed by atoms with Gasteiger partial charge in [0, 0.05) is 5.92 Å². The number of aliphatic carboxylic acids is 1. The second kappa shape index (κ2) is 5.61. The van der Waals surface area contributed by atoms with E-state index < -0.39 is 23.5 Å². The summed E-state index contributed by atoms with van der Waals surface area (Å²) in [5.41, 5.74) is 1.04. The van der Waals surface area contributed by atoms with Crippen LogP contribution in [0.5, 0.6) is 0 Å². The molecule has 98 valence electrons. The van der Waals surface area contributed by atoms with E-state index in [1.165, 1.54) is 36.4 Å². The maximum absolute atomic E-state index is 13.2. The Morgan fingerprint density at radius 3 is 1.84 bits per heavy atom. The van der Waals surface area contributed by atoms with E-state index >= 15 is 0 Å². The van der Waals surface area contributed by atoms with Crippen LogP contribution in [-0.2, 0) is 4.79 Å². The highest BCUT2D eigenvalue weighted by molar-refractivity contribution is 5.69. The molecule has 0 aromatic heterocycles. The minimum Gasteiger partial charge on any atom is -0.481 e. The van der Waals surface area contributed by atoms with Gasteiger partial charge in [0.2, 0.25) is 0 Å². The number of carboxylic acid groups (broad SMARTS) is 1. The Hall–Kier alpha value is -2.23. The molecule has 0 aliphatic heterocycles. The average Bonchev–Trinajstić information content (AvgIpc) is 2.35. The summed E-state index contributed by atoms with van der Waals surface area (Å²) in [6.45, 7) is 0. The largest absolute Gasteiger partial charge is 0.481 e. The molecule has 2 nitrogen and oxygen atoms in total. The first kappa shape index (κ1) is 13.2. The maximum Gasteiger partial charge on any atom is 0.304 e. The quantitative estimate of drug-likeness (QED) is 0.914. The normalized spacial score (nSPS) is 10.7. The SMILES string of the molecule is O=C(O)CC(c1cccc(F)c1)c1cccc(F)c1. The molecule has 0 radical (unpaired) electrons. The molecule has 2 aromatic carbocycles. The first-order valence-electron chi connectivity index (χ1n) is 5.79. The number of benzene rings is 2. The minimum atomic E-state index is -1.02. The Morgan fingerprint density at radius 2 is 1.47 bits per heavy atom. The van der Waals surface area contributed by atoms with Gasteiger partial charge < -0.3 is 5.11 Å². The number of carbonyl (C=O) groups is 1. The maximum atomic E-state index is 13.2. The van der Waals surface area contributed by atoms with Gasteiger partial charge in [-0.05, 0) is 35.4 Å². The lowest BCUT2D eigenvalue weighted by molar-refractivity contribution is -0.137. The van der Waals surface area contributed by atoms with Gasteiger partial charge in [-0.25, -0.2) is 8.78 Å². The zero-order valence-electron chi connectivity index (χ0n) is 10.0. The van der Waals surface area contributed by atoms with E-state index in [1.54, 1.807) is 12.1 Å². The zero-order chi connectivity index (χ0) is 13.8. The molecule has 1 N–H and O–H groups in total. The molecule has 0 saturated carbocycles. The van der Waals surface area contributed by atoms with Crippen molar-refractivity contribution in [3.8, 4) is 0 Å². The fourth-order valence-electron chi connectivity index (χ4n) is 2.05. The van der Waals surface area contributed by atoms with Crippen LogP contribution in [0, 0.1) is 11.6 Å². The summed E-state index contributed by atoms with van der Waals surface area (Å²) in [5.74, 6) is -2.46. The van der Waals surface area contributed by atoms with Crippen molar-refractivity contribution in [1.82, 2.24) is 0 Å². The molecule has 0 bridgehead atoms. The topological polar surface area (TPSA) is 37.3 Å². The first-order chi connectivity index (χ1) is 9.06. The smallest absolute Gasteiger partial charge is 0.304 e. The molecule has 0 fully saturated rings. The fraction of sp³-hybridized carbons (Fsp3) is 0.133. The number of carboxylic acids is 1. The molecular weight excluding hydrogens is 250 g/mol. The molecular formula is C15H12F2O2. The van der Waals surface area contributed by atoms with E-state index in [0.717, 1.165) is 0 Å². The highest BCUT2D eigenvalue weighted by atomic mass is 19.1. The average molecular weight is 262 g/mol. The molecule has 0 amide bonds. The molecule has 0 atom stereocenters. The van der Waals surface area contributed by atoms with Crippen molar-refractivity contribution in [1.29, 1.82) is 0 Å². The van der Waals surface area contributed by atoms with Crippen LogP contribution in [0.25, 0.3) is 0 Å². The van der Waals surface area contributed by atoms with Gasteiger partial charge >= 0.3 is 5.97 Å². The minimum absolute atomic E-state index is 0.215. The summed E-state index contributed by atoms with van der Waals surface area (Å²) in [6.07, 6.45) is -0.215. The second-order valence-electron chi connectivity index (χ2n) is 4.26. The summed E-state index contributed by atoms with van der Waals surface area (Å²) < 4.78 is 26.5. The Kier molecular flexibility index (Phi) is 3.90. The van der Waals surface area contributed by atoms with E-state index in [-0.39, 0.29) is 6.42 Å². The Labute approximate surface area is 109 Å². The molecule has 0 aliphatic rings. The van der Waals surface area contributed by atoms with E-state index in [2.05, 4.69) is 0 Å². The molecule has 0 spiro atoms. The molecule has 0 unspecified atom stereocenters. The van der Waals surface area contributed by atoms with Crippen LogP contribution in [0.15, 0.2) is 48.5 Å². The van der Waals surface area contributed by atoms with E-state index in [4.69, 9.17) is 5.11 Å². The lowest BCUT2D eigenvalue weighted by Gasteiger charge is -2.16.